The van der Waals surface area contributed by atoms with E-state index in [0.29, 0.717) is 0 Å². The highest BCUT2D eigenvalue weighted by Crippen LogP contribution is 2.30. The van der Waals surface area contributed by atoms with Crippen molar-refractivity contribution < 1.29 is 22.0 Å². The third kappa shape index (κ3) is 3.15. The van der Waals surface area contributed by atoms with Gasteiger partial charge in [-0.05, 0) is 0 Å². The van der Waals surface area contributed by atoms with Gasteiger partial charge in [0.15, 0.2) is 0 Å². The minimum Gasteiger partial charge on any atom is -0.208 e. The van der Waals surface area contributed by atoms with Crippen molar-refractivity contribution in [2.45, 2.75) is 12.6 Å². The number of allylic oxidation sites excluding steroid dienone is 3. The smallest absolute Gasteiger partial charge is 0.208 e. The predicted octanol–water partition coefficient (Wildman–Crippen LogP) is 3.28. The zero-order valence-corrected chi connectivity index (χ0v) is 5.38. The quantitative estimate of drug-likeness (QED) is 0.443. The van der Waals surface area contributed by atoms with Crippen molar-refractivity contribution in [1.29, 1.82) is 0 Å². The summed E-state index contributed by atoms with van der Waals surface area (Å²) in [5, 5.41) is 0. The van der Waals surface area contributed by atoms with Gasteiger partial charge in [-0.2, -0.15) is 17.6 Å². The summed E-state index contributed by atoms with van der Waals surface area (Å²) < 4.78 is 57.8. The Balaban J connectivity index is 4.52. The molecule has 0 nitrogen and oxygen atoms in total. The second-order valence-electron chi connectivity index (χ2n) is 1.71. The maximum atomic E-state index is 12.0. The van der Waals surface area contributed by atoms with Crippen molar-refractivity contribution in [2.75, 3.05) is 0 Å². The summed E-state index contributed by atoms with van der Waals surface area (Å²) in [5.41, 5.74) is 0. The van der Waals surface area contributed by atoms with Gasteiger partial charge in [-0.3, -0.25) is 0 Å². The first-order valence-corrected chi connectivity index (χ1v) is 2.61. The molecule has 0 amide bonds. The number of rotatable bonds is 2. The Morgan fingerprint density at radius 1 is 1.27 bits per heavy atom. The van der Waals surface area contributed by atoms with Crippen LogP contribution in [0.15, 0.2) is 24.3 Å². The van der Waals surface area contributed by atoms with Gasteiger partial charge in [-0.25, -0.2) is 4.39 Å². The Morgan fingerprint density at radius 2 is 1.73 bits per heavy atom. The monoisotopic (exact) mass is 172 g/mol. The van der Waals surface area contributed by atoms with Crippen molar-refractivity contribution in [3.63, 3.8) is 0 Å². The topological polar surface area (TPSA) is 0 Å². The zero-order chi connectivity index (χ0) is 9.07. The van der Waals surface area contributed by atoms with Gasteiger partial charge < -0.3 is 0 Å². The Hall–Kier alpha value is -0.870. The van der Waals surface area contributed by atoms with Gasteiger partial charge in [0, 0.05) is 6.42 Å². The lowest BCUT2D eigenvalue weighted by molar-refractivity contribution is -0.111. The molecule has 0 rings (SSSR count). The minimum absolute atomic E-state index is 0.745. The standard InChI is InChI=1S/C6H5F5/c1-2-3-4(7)5(8)6(9,10)11/h2H,1,3H2/b5-4-. The average Bonchev–Trinajstić information content (AvgIpc) is 1.85. The van der Waals surface area contributed by atoms with Gasteiger partial charge in [0.2, 0.25) is 5.83 Å². The molecule has 5 heteroatoms. The molecule has 11 heavy (non-hydrogen) atoms. The molecule has 0 heterocycles. The molecule has 0 N–H and O–H groups in total. The van der Waals surface area contributed by atoms with Crippen LogP contribution in [0.4, 0.5) is 22.0 Å². The number of hydrogen-bond acceptors (Lipinski definition) is 0. The Bertz CT molecular complexity index is 176. The first-order valence-electron chi connectivity index (χ1n) is 2.61. The van der Waals surface area contributed by atoms with Crippen LogP contribution in [0.2, 0.25) is 0 Å². The van der Waals surface area contributed by atoms with Crippen LogP contribution in [0, 0.1) is 0 Å². The first kappa shape index (κ1) is 10.1. The molecule has 64 valence electrons. The van der Waals surface area contributed by atoms with Crippen LogP contribution >= 0.6 is 0 Å². The van der Waals surface area contributed by atoms with Crippen LogP contribution in [0.25, 0.3) is 0 Å². The number of alkyl halides is 3. The molecule has 0 atom stereocenters. The summed E-state index contributed by atoms with van der Waals surface area (Å²) in [6, 6.07) is 0. The highest BCUT2D eigenvalue weighted by Gasteiger charge is 2.37. The molecule has 0 aromatic rings. The van der Waals surface area contributed by atoms with Gasteiger partial charge in [-0.1, -0.05) is 6.08 Å². The van der Waals surface area contributed by atoms with Crippen LogP contribution in [0.1, 0.15) is 6.42 Å². The molecule has 0 radical (unpaired) electrons. The third-order valence-corrected chi connectivity index (χ3v) is 0.811. The van der Waals surface area contributed by atoms with Crippen molar-refractivity contribution in [1.82, 2.24) is 0 Å². The predicted molar refractivity (Wildman–Crippen MR) is 30.1 cm³/mol. The van der Waals surface area contributed by atoms with Crippen LogP contribution in [-0.4, -0.2) is 6.18 Å². The van der Waals surface area contributed by atoms with Crippen LogP contribution in [-0.2, 0) is 0 Å². The molecule has 0 fully saturated rings. The van der Waals surface area contributed by atoms with E-state index >= 15 is 0 Å². The lowest BCUT2D eigenvalue weighted by atomic mass is 10.3. The summed E-state index contributed by atoms with van der Waals surface area (Å²) in [6.45, 7) is 2.96. The second-order valence-corrected chi connectivity index (χ2v) is 1.71. The van der Waals surface area contributed by atoms with Gasteiger partial charge in [0.25, 0.3) is 0 Å². The van der Waals surface area contributed by atoms with E-state index in [9.17, 15) is 22.0 Å². The molecule has 0 aliphatic carbocycles. The van der Waals surface area contributed by atoms with Crippen LogP contribution in [0.3, 0.4) is 0 Å². The van der Waals surface area contributed by atoms with E-state index in [1.807, 2.05) is 0 Å². The van der Waals surface area contributed by atoms with Crippen molar-refractivity contribution in [2.24, 2.45) is 0 Å². The highest BCUT2D eigenvalue weighted by molar-refractivity contribution is 5.08. The van der Waals surface area contributed by atoms with Crippen LogP contribution < -0.4 is 0 Å². The molecule has 0 aliphatic heterocycles. The molecular weight excluding hydrogens is 167 g/mol. The largest absolute Gasteiger partial charge is 0.445 e. The molecule has 0 saturated heterocycles. The van der Waals surface area contributed by atoms with Crippen LogP contribution in [0.5, 0.6) is 0 Å². The van der Waals surface area contributed by atoms with E-state index in [1.165, 1.54) is 0 Å². The summed E-state index contributed by atoms with van der Waals surface area (Å²) >= 11 is 0. The zero-order valence-electron chi connectivity index (χ0n) is 5.38. The summed E-state index contributed by atoms with van der Waals surface area (Å²) in [6.07, 6.45) is -5.13. The Morgan fingerprint density at radius 3 is 2.00 bits per heavy atom. The summed E-state index contributed by atoms with van der Waals surface area (Å²) in [4.78, 5) is 0. The Kier molecular flexibility index (Phi) is 3.22. The lowest BCUT2D eigenvalue weighted by Gasteiger charge is -2.02. The van der Waals surface area contributed by atoms with E-state index < -0.39 is 24.3 Å². The van der Waals surface area contributed by atoms with Gasteiger partial charge >= 0.3 is 6.18 Å². The minimum atomic E-state index is -5.23. The third-order valence-electron chi connectivity index (χ3n) is 0.811. The van der Waals surface area contributed by atoms with E-state index in [1.54, 1.807) is 0 Å². The molecule has 0 bridgehead atoms. The molecule has 0 spiro atoms. The van der Waals surface area contributed by atoms with E-state index in [2.05, 4.69) is 6.58 Å². The van der Waals surface area contributed by atoms with Crippen molar-refractivity contribution in [3.05, 3.63) is 24.3 Å². The molecule has 0 aromatic heterocycles. The highest BCUT2D eigenvalue weighted by atomic mass is 19.4. The Labute approximate surface area is 60.0 Å². The molecule has 0 aliphatic rings. The maximum absolute atomic E-state index is 12.0. The van der Waals surface area contributed by atoms with Gasteiger partial charge in [-0.15, -0.1) is 6.58 Å². The molecule has 0 aromatic carbocycles. The average molecular weight is 172 g/mol. The fourth-order valence-corrected chi connectivity index (χ4v) is 0.370. The fourth-order valence-electron chi connectivity index (χ4n) is 0.370. The van der Waals surface area contributed by atoms with E-state index in [0.717, 1.165) is 6.08 Å². The maximum Gasteiger partial charge on any atom is 0.445 e. The molecule has 0 unspecified atom stereocenters. The lowest BCUT2D eigenvalue weighted by Crippen LogP contribution is -2.09. The van der Waals surface area contributed by atoms with Gasteiger partial charge in [0.05, 0.1) is 0 Å². The summed E-state index contributed by atoms with van der Waals surface area (Å²) in [7, 11) is 0. The fraction of sp³-hybridized carbons (Fsp3) is 0.333. The SMILES string of the molecule is C=CC/C(F)=C(/F)C(F)(F)F. The second kappa shape index (κ2) is 3.50. The number of hydrogen-bond donors (Lipinski definition) is 0. The molecular formula is C6H5F5. The van der Waals surface area contributed by atoms with E-state index in [-0.39, 0.29) is 0 Å². The summed E-state index contributed by atoms with van der Waals surface area (Å²) in [5.74, 6) is -4.52. The number of halogens is 5. The van der Waals surface area contributed by atoms with Crippen molar-refractivity contribution in [3.8, 4) is 0 Å². The van der Waals surface area contributed by atoms with Crippen molar-refractivity contribution >= 4 is 0 Å². The van der Waals surface area contributed by atoms with Gasteiger partial charge in [0.1, 0.15) is 5.83 Å². The molecule has 0 saturated carbocycles. The normalized spacial score (nSPS) is 14.3. The van der Waals surface area contributed by atoms with E-state index in [4.69, 9.17) is 0 Å². The first-order chi connectivity index (χ1) is 4.89.